The van der Waals surface area contributed by atoms with Crippen LogP contribution in [0.4, 0.5) is 0 Å². The summed E-state index contributed by atoms with van der Waals surface area (Å²) in [6, 6.07) is 1.31. The van der Waals surface area contributed by atoms with Gasteiger partial charge in [0.15, 0.2) is 0 Å². The number of nitrogens with zero attached hydrogens (tertiary/aromatic N) is 2. The number of likely N-dealkylation sites (N-methyl/N-ethyl adjacent to an activating group) is 1. The summed E-state index contributed by atoms with van der Waals surface area (Å²) in [5, 5.41) is 3.75. The molecule has 0 spiro atoms. The molecular weight excluding hydrogens is 258 g/mol. The van der Waals surface area contributed by atoms with Crippen molar-refractivity contribution < 1.29 is 0 Å². The lowest BCUT2D eigenvalue weighted by Crippen LogP contribution is -2.50. The minimum Gasteiger partial charge on any atom is -0.314 e. The van der Waals surface area contributed by atoms with Gasteiger partial charge < -0.3 is 10.2 Å². The van der Waals surface area contributed by atoms with Gasteiger partial charge in [0.1, 0.15) is 0 Å². The lowest BCUT2D eigenvalue weighted by molar-refractivity contribution is 0.0784. The van der Waals surface area contributed by atoms with Gasteiger partial charge in [-0.25, -0.2) is 0 Å². The fourth-order valence-corrected chi connectivity index (χ4v) is 4.20. The van der Waals surface area contributed by atoms with Gasteiger partial charge in [0, 0.05) is 31.7 Å². The Labute approximate surface area is 132 Å². The molecular formula is C18H37N3. The van der Waals surface area contributed by atoms with Crippen LogP contribution >= 0.6 is 0 Å². The standard InChI is InChI=1S/C18H37N3/c1-16(2)19-14-18(9-6-5-7-10-18)15-21-12-8-11-20(4)13-17(21)3/h16-17,19H,5-15H2,1-4H3. The van der Waals surface area contributed by atoms with Crippen molar-refractivity contribution in [1.82, 2.24) is 15.1 Å². The summed E-state index contributed by atoms with van der Waals surface area (Å²) in [6.07, 6.45) is 8.48. The van der Waals surface area contributed by atoms with Gasteiger partial charge in [-0.05, 0) is 51.7 Å². The smallest absolute Gasteiger partial charge is 0.0195 e. The van der Waals surface area contributed by atoms with Gasteiger partial charge in [0.25, 0.3) is 0 Å². The number of nitrogens with one attached hydrogen (secondary N) is 1. The lowest BCUT2D eigenvalue weighted by Gasteiger charge is -2.43. The highest BCUT2D eigenvalue weighted by Gasteiger charge is 2.35. The van der Waals surface area contributed by atoms with E-state index < -0.39 is 0 Å². The summed E-state index contributed by atoms with van der Waals surface area (Å²) in [4.78, 5) is 5.29. The zero-order valence-electron chi connectivity index (χ0n) is 14.8. The van der Waals surface area contributed by atoms with Crippen molar-refractivity contribution in [2.45, 2.75) is 71.4 Å². The second kappa shape index (κ2) is 7.94. The van der Waals surface area contributed by atoms with Crippen LogP contribution in [0.25, 0.3) is 0 Å². The fraction of sp³-hybridized carbons (Fsp3) is 1.00. The summed E-state index contributed by atoms with van der Waals surface area (Å²) < 4.78 is 0. The van der Waals surface area contributed by atoms with E-state index in [1.165, 1.54) is 71.2 Å². The Kier molecular flexibility index (Phi) is 6.51. The van der Waals surface area contributed by atoms with Gasteiger partial charge in [0.05, 0.1) is 0 Å². The van der Waals surface area contributed by atoms with E-state index in [1.54, 1.807) is 0 Å². The molecule has 1 saturated heterocycles. The third kappa shape index (κ3) is 5.22. The van der Waals surface area contributed by atoms with Crippen LogP contribution in [0.5, 0.6) is 0 Å². The largest absolute Gasteiger partial charge is 0.314 e. The molecule has 1 N–H and O–H groups in total. The van der Waals surface area contributed by atoms with Crippen molar-refractivity contribution in [3.05, 3.63) is 0 Å². The fourth-order valence-electron chi connectivity index (χ4n) is 4.20. The molecule has 0 amide bonds. The lowest BCUT2D eigenvalue weighted by atomic mass is 9.73. The van der Waals surface area contributed by atoms with E-state index >= 15 is 0 Å². The zero-order valence-corrected chi connectivity index (χ0v) is 14.8. The van der Waals surface area contributed by atoms with E-state index in [1.807, 2.05) is 0 Å². The normalized spacial score (nSPS) is 28.7. The maximum atomic E-state index is 3.75. The summed E-state index contributed by atoms with van der Waals surface area (Å²) in [5.74, 6) is 0. The Morgan fingerprint density at radius 3 is 2.48 bits per heavy atom. The van der Waals surface area contributed by atoms with E-state index in [-0.39, 0.29) is 0 Å². The summed E-state index contributed by atoms with van der Waals surface area (Å²) in [5.41, 5.74) is 0.527. The van der Waals surface area contributed by atoms with Crippen LogP contribution in [0.15, 0.2) is 0 Å². The van der Waals surface area contributed by atoms with Gasteiger partial charge in [-0.15, -0.1) is 0 Å². The molecule has 0 aromatic rings. The molecule has 0 radical (unpaired) electrons. The molecule has 1 aliphatic carbocycles. The molecule has 1 atom stereocenters. The molecule has 1 aliphatic heterocycles. The van der Waals surface area contributed by atoms with Gasteiger partial charge >= 0.3 is 0 Å². The van der Waals surface area contributed by atoms with Crippen molar-refractivity contribution in [2.75, 3.05) is 39.8 Å². The topological polar surface area (TPSA) is 18.5 Å². The highest BCUT2D eigenvalue weighted by atomic mass is 15.2. The molecule has 21 heavy (non-hydrogen) atoms. The third-order valence-corrected chi connectivity index (χ3v) is 5.52. The molecule has 2 fully saturated rings. The SMILES string of the molecule is CC(C)NCC1(CN2CCCN(C)CC2C)CCCCC1. The average molecular weight is 296 g/mol. The summed E-state index contributed by atoms with van der Waals surface area (Å²) >= 11 is 0. The summed E-state index contributed by atoms with van der Waals surface area (Å²) in [7, 11) is 2.27. The van der Waals surface area contributed by atoms with Crippen LogP contribution in [0.2, 0.25) is 0 Å². The predicted molar refractivity (Wildman–Crippen MR) is 91.8 cm³/mol. The van der Waals surface area contributed by atoms with Crippen LogP contribution in [0, 0.1) is 5.41 Å². The Balaban J connectivity index is 1.99. The van der Waals surface area contributed by atoms with E-state index in [2.05, 4.69) is 42.9 Å². The highest BCUT2D eigenvalue weighted by Crippen LogP contribution is 2.37. The van der Waals surface area contributed by atoms with Crippen molar-refractivity contribution in [3.8, 4) is 0 Å². The van der Waals surface area contributed by atoms with E-state index in [0.29, 0.717) is 17.5 Å². The average Bonchev–Trinajstić information content (AvgIpc) is 2.59. The van der Waals surface area contributed by atoms with Crippen LogP contribution in [-0.2, 0) is 0 Å². The minimum absolute atomic E-state index is 0.527. The summed E-state index contributed by atoms with van der Waals surface area (Å²) in [6.45, 7) is 13.3. The quantitative estimate of drug-likeness (QED) is 0.841. The molecule has 0 aromatic carbocycles. The van der Waals surface area contributed by atoms with Gasteiger partial charge in [-0.2, -0.15) is 0 Å². The van der Waals surface area contributed by atoms with Gasteiger partial charge in [0.2, 0.25) is 0 Å². The van der Waals surface area contributed by atoms with Crippen LogP contribution in [0.1, 0.15) is 59.3 Å². The van der Waals surface area contributed by atoms with Crippen LogP contribution in [-0.4, -0.2) is 61.7 Å². The molecule has 3 heteroatoms. The molecule has 1 heterocycles. The van der Waals surface area contributed by atoms with Gasteiger partial charge in [-0.1, -0.05) is 33.1 Å². The Morgan fingerprint density at radius 1 is 1.10 bits per heavy atom. The molecule has 3 nitrogen and oxygen atoms in total. The third-order valence-electron chi connectivity index (χ3n) is 5.52. The Hall–Kier alpha value is -0.120. The van der Waals surface area contributed by atoms with Crippen molar-refractivity contribution in [1.29, 1.82) is 0 Å². The van der Waals surface area contributed by atoms with E-state index in [9.17, 15) is 0 Å². The molecule has 0 bridgehead atoms. The van der Waals surface area contributed by atoms with Crippen LogP contribution in [0.3, 0.4) is 0 Å². The Morgan fingerprint density at radius 2 is 1.81 bits per heavy atom. The van der Waals surface area contributed by atoms with Crippen molar-refractivity contribution in [3.63, 3.8) is 0 Å². The first-order valence-electron chi connectivity index (χ1n) is 9.17. The van der Waals surface area contributed by atoms with Crippen LogP contribution < -0.4 is 5.32 Å². The van der Waals surface area contributed by atoms with Crippen molar-refractivity contribution in [2.24, 2.45) is 5.41 Å². The highest BCUT2D eigenvalue weighted by molar-refractivity contribution is 4.90. The zero-order chi connectivity index (χ0) is 15.3. The maximum Gasteiger partial charge on any atom is 0.0195 e. The first kappa shape index (κ1) is 17.2. The number of hydrogen-bond donors (Lipinski definition) is 1. The minimum atomic E-state index is 0.527. The number of hydrogen-bond acceptors (Lipinski definition) is 3. The first-order valence-corrected chi connectivity index (χ1v) is 9.17. The first-order chi connectivity index (χ1) is 10.0. The molecule has 2 aliphatic rings. The van der Waals surface area contributed by atoms with E-state index in [4.69, 9.17) is 0 Å². The molecule has 124 valence electrons. The second-order valence-corrected chi connectivity index (χ2v) is 8.03. The second-order valence-electron chi connectivity index (χ2n) is 8.03. The Bertz CT molecular complexity index is 297. The molecule has 1 unspecified atom stereocenters. The maximum absolute atomic E-state index is 3.75. The van der Waals surface area contributed by atoms with Gasteiger partial charge in [-0.3, -0.25) is 4.90 Å². The van der Waals surface area contributed by atoms with E-state index in [0.717, 1.165) is 0 Å². The molecule has 0 aromatic heterocycles. The molecule has 2 rings (SSSR count). The predicted octanol–water partition coefficient (Wildman–Crippen LogP) is 2.96. The van der Waals surface area contributed by atoms with Crippen molar-refractivity contribution >= 4 is 0 Å². The number of rotatable bonds is 5. The molecule has 1 saturated carbocycles. The monoisotopic (exact) mass is 295 g/mol.